The van der Waals surface area contributed by atoms with Gasteiger partial charge in [0.1, 0.15) is 0 Å². The molecule has 1 amide bonds. The van der Waals surface area contributed by atoms with Gasteiger partial charge in [-0.1, -0.05) is 13.8 Å². The fourth-order valence-electron chi connectivity index (χ4n) is 3.02. The first-order valence-corrected chi connectivity index (χ1v) is 6.09. The molecule has 2 aliphatic rings. The summed E-state index contributed by atoms with van der Waals surface area (Å²) in [7, 11) is 1.94. The van der Waals surface area contributed by atoms with Gasteiger partial charge in [-0.3, -0.25) is 4.79 Å². The van der Waals surface area contributed by atoms with Crippen LogP contribution in [0.15, 0.2) is 0 Å². The van der Waals surface area contributed by atoms with Gasteiger partial charge >= 0.3 is 0 Å². The SMILES string of the molecule is CC(C)CN(C)C(=O)C1CC2CCC1N2. The smallest absolute Gasteiger partial charge is 0.227 e. The van der Waals surface area contributed by atoms with Gasteiger partial charge in [-0.2, -0.15) is 0 Å². The van der Waals surface area contributed by atoms with Gasteiger partial charge in [0.05, 0.1) is 5.92 Å². The van der Waals surface area contributed by atoms with E-state index in [9.17, 15) is 4.79 Å². The number of fused-ring (bicyclic) bond motifs is 2. The topological polar surface area (TPSA) is 32.3 Å². The zero-order valence-corrected chi connectivity index (χ0v) is 9.99. The van der Waals surface area contributed by atoms with Gasteiger partial charge in [0.15, 0.2) is 0 Å². The average Bonchev–Trinajstić information content (AvgIpc) is 2.76. The molecule has 0 saturated carbocycles. The molecule has 2 heterocycles. The van der Waals surface area contributed by atoms with Crippen molar-refractivity contribution in [3.05, 3.63) is 0 Å². The zero-order valence-electron chi connectivity index (χ0n) is 9.99. The summed E-state index contributed by atoms with van der Waals surface area (Å²) >= 11 is 0. The van der Waals surface area contributed by atoms with Crippen LogP contribution < -0.4 is 5.32 Å². The van der Waals surface area contributed by atoms with Crippen LogP contribution in [-0.2, 0) is 4.79 Å². The van der Waals surface area contributed by atoms with Crippen LogP contribution in [-0.4, -0.2) is 36.5 Å². The van der Waals surface area contributed by atoms with E-state index < -0.39 is 0 Å². The van der Waals surface area contributed by atoms with E-state index in [2.05, 4.69) is 19.2 Å². The summed E-state index contributed by atoms with van der Waals surface area (Å²) in [5, 5.41) is 3.52. The van der Waals surface area contributed by atoms with Crippen LogP contribution in [0.1, 0.15) is 33.1 Å². The van der Waals surface area contributed by atoms with Gasteiger partial charge in [-0.15, -0.1) is 0 Å². The first kappa shape index (κ1) is 10.9. The number of carbonyl (C=O) groups is 1. The van der Waals surface area contributed by atoms with Crippen molar-refractivity contribution in [2.45, 2.75) is 45.2 Å². The number of amides is 1. The molecule has 3 nitrogen and oxygen atoms in total. The standard InChI is InChI=1S/C12H22N2O/c1-8(2)7-14(3)12(15)10-6-9-4-5-11(10)13-9/h8-11,13H,4-7H2,1-3H3. The lowest BCUT2D eigenvalue weighted by Crippen LogP contribution is -2.40. The Balaban J connectivity index is 1.91. The van der Waals surface area contributed by atoms with Crippen molar-refractivity contribution in [1.82, 2.24) is 10.2 Å². The first-order valence-electron chi connectivity index (χ1n) is 6.09. The second kappa shape index (κ2) is 4.12. The Morgan fingerprint density at radius 3 is 2.67 bits per heavy atom. The maximum absolute atomic E-state index is 12.2. The second-order valence-electron chi connectivity index (χ2n) is 5.50. The van der Waals surface area contributed by atoms with Crippen molar-refractivity contribution in [2.24, 2.45) is 11.8 Å². The van der Waals surface area contributed by atoms with Crippen LogP contribution in [0.5, 0.6) is 0 Å². The molecule has 3 unspecified atom stereocenters. The fraction of sp³-hybridized carbons (Fsp3) is 0.917. The number of hydrogen-bond donors (Lipinski definition) is 1. The lowest BCUT2D eigenvalue weighted by atomic mass is 9.88. The number of carbonyl (C=O) groups excluding carboxylic acids is 1. The Labute approximate surface area is 92.2 Å². The van der Waals surface area contributed by atoms with Crippen molar-refractivity contribution >= 4 is 5.91 Å². The fourth-order valence-corrected chi connectivity index (χ4v) is 3.02. The molecule has 2 saturated heterocycles. The number of nitrogens with one attached hydrogen (secondary N) is 1. The van der Waals surface area contributed by atoms with E-state index in [1.165, 1.54) is 12.8 Å². The third-order valence-corrected chi connectivity index (χ3v) is 3.63. The zero-order chi connectivity index (χ0) is 11.0. The molecule has 0 aromatic rings. The normalized spacial score (nSPS) is 33.7. The van der Waals surface area contributed by atoms with Gasteiger partial charge in [0.2, 0.25) is 5.91 Å². The summed E-state index contributed by atoms with van der Waals surface area (Å²) in [5.74, 6) is 1.17. The molecule has 0 radical (unpaired) electrons. The number of nitrogens with zero attached hydrogens (tertiary/aromatic N) is 1. The molecule has 0 aliphatic carbocycles. The molecule has 0 aromatic carbocycles. The number of hydrogen-bond acceptors (Lipinski definition) is 2. The highest BCUT2D eigenvalue weighted by molar-refractivity contribution is 5.80. The van der Waals surface area contributed by atoms with Crippen LogP contribution in [0.3, 0.4) is 0 Å². The Hall–Kier alpha value is -0.570. The minimum Gasteiger partial charge on any atom is -0.345 e. The van der Waals surface area contributed by atoms with Crippen LogP contribution in [0.4, 0.5) is 0 Å². The van der Waals surface area contributed by atoms with Gasteiger partial charge in [-0.25, -0.2) is 0 Å². The molecule has 2 bridgehead atoms. The van der Waals surface area contributed by atoms with Gasteiger partial charge in [-0.05, 0) is 25.2 Å². The molecule has 0 aromatic heterocycles. The van der Waals surface area contributed by atoms with Crippen molar-refractivity contribution in [1.29, 1.82) is 0 Å². The van der Waals surface area contributed by atoms with Gasteiger partial charge < -0.3 is 10.2 Å². The second-order valence-corrected chi connectivity index (χ2v) is 5.50. The molecule has 2 rings (SSSR count). The largest absolute Gasteiger partial charge is 0.345 e. The molecule has 2 aliphatic heterocycles. The number of rotatable bonds is 3. The molecule has 2 fully saturated rings. The lowest BCUT2D eigenvalue weighted by Gasteiger charge is -2.26. The molecule has 15 heavy (non-hydrogen) atoms. The van der Waals surface area contributed by atoms with Crippen LogP contribution in [0.25, 0.3) is 0 Å². The van der Waals surface area contributed by atoms with E-state index in [4.69, 9.17) is 0 Å². The maximum atomic E-state index is 12.2. The van der Waals surface area contributed by atoms with E-state index >= 15 is 0 Å². The summed E-state index contributed by atoms with van der Waals surface area (Å²) < 4.78 is 0. The summed E-state index contributed by atoms with van der Waals surface area (Å²) in [6.45, 7) is 5.19. The molecule has 3 heteroatoms. The summed E-state index contributed by atoms with van der Waals surface area (Å²) in [4.78, 5) is 14.1. The predicted molar refractivity (Wildman–Crippen MR) is 60.5 cm³/mol. The third kappa shape index (κ3) is 2.17. The Morgan fingerprint density at radius 1 is 1.47 bits per heavy atom. The summed E-state index contributed by atoms with van der Waals surface area (Å²) in [6.07, 6.45) is 3.52. The average molecular weight is 210 g/mol. The van der Waals surface area contributed by atoms with E-state index in [1.54, 1.807) is 0 Å². The Morgan fingerprint density at radius 2 is 2.20 bits per heavy atom. The monoisotopic (exact) mass is 210 g/mol. The molecule has 1 N–H and O–H groups in total. The predicted octanol–water partition coefficient (Wildman–Crippen LogP) is 1.24. The van der Waals surface area contributed by atoms with Crippen LogP contribution in [0, 0.1) is 11.8 Å². The summed E-state index contributed by atoms with van der Waals surface area (Å²) in [6, 6.07) is 1.09. The van der Waals surface area contributed by atoms with Gasteiger partial charge in [0.25, 0.3) is 0 Å². The molecule has 0 spiro atoms. The van der Waals surface area contributed by atoms with E-state index in [1.807, 2.05) is 11.9 Å². The van der Waals surface area contributed by atoms with E-state index in [0.717, 1.165) is 13.0 Å². The molecule has 86 valence electrons. The highest BCUT2D eigenvalue weighted by atomic mass is 16.2. The first-order chi connectivity index (χ1) is 7.08. The van der Waals surface area contributed by atoms with Crippen LogP contribution >= 0.6 is 0 Å². The van der Waals surface area contributed by atoms with Crippen molar-refractivity contribution in [2.75, 3.05) is 13.6 Å². The lowest BCUT2D eigenvalue weighted by molar-refractivity contribution is -0.135. The van der Waals surface area contributed by atoms with Crippen molar-refractivity contribution in [3.63, 3.8) is 0 Å². The highest BCUT2D eigenvalue weighted by Crippen LogP contribution is 2.34. The Kier molecular flexibility index (Phi) is 3.01. The molecular formula is C12H22N2O. The van der Waals surface area contributed by atoms with Crippen molar-refractivity contribution < 1.29 is 4.79 Å². The van der Waals surface area contributed by atoms with Gasteiger partial charge in [0, 0.05) is 25.7 Å². The minimum atomic E-state index is 0.257. The molecular weight excluding hydrogens is 188 g/mol. The molecule has 3 atom stereocenters. The van der Waals surface area contributed by atoms with E-state index in [0.29, 0.717) is 23.9 Å². The maximum Gasteiger partial charge on any atom is 0.227 e. The van der Waals surface area contributed by atoms with E-state index in [-0.39, 0.29) is 5.92 Å². The Bertz CT molecular complexity index is 252. The van der Waals surface area contributed by atoms with Crippen molar-refractivity contribution in [3.8, 4) is 0 Å². The third-order valence-electron chi connectivity index (χ3n) is 3.63. The minimum absolute atomic E-state index is 0.257. The summed E-state index contributed by atoms with van der Waals surface area (Å²) in [5.41, 5.74) is 0. The quantitative estimate of drug-likeness (QED) is 0.760. The van der Waals surface area contributed by atoms with Crippen LogP contribution in [0.2, 0.25) is 0 Å². The highest BCUT2D eigenvalue weighted by Gasteiger charge is 2.43.